The van der Waals surface area contributed by atoms with E-state index >= 15 is 0 Å². The molecule has 0 bridgehead atoms. The van der Waals surface area contributed by atoms with Crippen molar-refractivity contribution in [2.45, 2.75) is 33.6 Å². The van der Waals surface area contributed by atoms with E-state index in [0.29, 0.717) is 6.42 Å². The molecule has 1 amide bonds. The van der Waals surface area contributed by atoms with Crippen molar-refractivity contribution < 1.29 is 4.79 Å². The topological polar surface area (TPSA) is 36.4 Å². The molecular weight excluding hydrogens is 286 g/mol. The van der Waals surface area contributed by atoms with Gasteiger partial charge in [0.15, 0.2) is 0 Å². The Morgan fingerprint density at radius 2 is 1.87 bits per heavy atom. The van der Waals surface area contributed by atoms with Gasteiger partial charge in [-0.1, -0.05) is 25.1 Å². The molecule has 0 atom stereocenters. The van der Waals surface area contributed by atoms with Crippen molar-refractivity contribution >= 4 is 22.6 Å². The molecule has 0 aliphatic carbocycles. The third-order valence-corrected chi connectivity index (χ3v) is 4.65. The first-order chi connectivity index (χ1) is 11.1. The molecule has 2 aromatic rings. The monoisotopic (exact) mass is 311 g/mol. The molecule has 2 heterocycles. The van der Waals surface area contributed by atoms with E-state index in [9.17, 15) is 4.79 Å². The number of para-hydroxylation sites is 1. The number of rotatable bonds is 3. The Morgan fingerprint density at radius 3 is 2.57 bits per heavy atom. The summed E-state index contributed by atoms with van der Waals surface area (Å²) in [6.07, 6.45) is 1.58. The lowest BCUT2D eigenvalue weighted by molar-refractivity contribution is -0.131. The van der Waals surface area contributed by atoms with Crippen LogP contribution in [0.1, 0.15) is 30.9 Å². The number of nitrogens with zero attached hydrogens (tertiary/aromatic N) is 3. The number of anilines is 1. The predicted octanol–water partition coefficient (Wildman–Crippen LogP) is 3.30. The number of aryl methyl sites for hydroxylation is 2. The maximum atomic E-state index is 12.0. The third kappa shape index (κ3) is 3.16. The lowest BCUT2D eigenvalue weighted by Gasteiger charge is -2.35. The molecule has 1 aliphatic heterocycles. The molecule has 0 spiro atoms. The summed E-state index contributed by atoms with van der Waals surface area (Å²) in [5.41, 5.74) is 3.56. The van der Waals surface area contributed by atoms with E-state index in [1.54, 1.807) is 0 Å². The summed E-state index contributed by atoms with van der Waals surface area (Å²) in [6, 6.07) is 8.51. The van der Waals surface area contributed by atoms with Crippen LogP contribution in [0.15, 0.2) is 24.3 Å². The summed E-state index contributed by atoms with van der Waals surface area (Å²) < 4.78 is 0. The highest BCUT2D eigenvalue weighted by Crippen LogP contribution is 2.25. The number of piperazine rings is 1. The fourth-order valence-electron chi connectivity index (χ4n) is 3.26. The normalized spacial score (nSPS) is 15.3. The molecule has 1 saturated heterocycles. The van der Waals surface area contributed by atoms with E-state index in [-0.39, 0.29) is 5.91 Å². The summed E-state index contributed by atoms with van der Waals surface area (Å²) in [7, 11) is 0. The lowest BCUT2D eigenvalue weighted by Crippen LogP contribution is -2.49. The number of benzene rings is 1. The van der Waals surface area contributed by atoms with Gasteiger partial charge in [0.1, 0.15) is 5.82 Å². The van der Waals surface area contributed by atoms with Crippen molar-refractivity contribution in [1.82, 2.24) is 9.88 Å². The molecule has 1 aromatic carbocycles. The first-order valence-corrected chi connectivity index (χ1v) is 8.50. The molecule has 4 nitrogen and oxygen atoms in total. The van der Waals surface area contributed by atoms with Crippen molar-refractivity contribution in [2.75, 3.05) is 31.1 Å². The lowest BCUT2D eigenvalue weighted by atomic mass is 10.1. The SMILES string of the molecule is CCCC(=O)N1CCN(c2cc(C)c3cccc(C)c3n2)CC1. The summed E-state index contributed by atoms with van der Waals surface area (Å²) in [6.45, 7) is 9.63. The first kappa shape index (κ1) is 15.8. The number of hydrogen-bond donors (Lipinski definition) is 0. The summed E-state index contributed by atoms with van der Waals surface area (Å²) >= 11 is 0. The van der Waals surface area contributed by atoms with Gasteiger partial charge in [-0.05, 0) is 37.5 Å². The zero-order valence-corrected chi connectivity index (χ0v) is 14.3. The standard InChI is InChI=1S/C19H25N3O/c1-4-6-18(23)22-11-9-21(10-12-22)17-13-15(3)16-8-5-7-14(2)19(16)20-17/h5,7-8,13H,4,6,9-12H2,1-3H3. The van der Waals surface area contributed by atoms with Crippen LogP contribution in [0.5, 0.6) is 0 Å². The Kier molecular flexibility index (Phi) is 4.51. The van der Waals surface area contributed by atoms with Crippen LogP contribution in [-0.2, 0) is 4.79 Å². The smallest absolute Gasteiger partial charge is 0.222 e. The summed E-state index contributed by atoms with van der Waals surface area (Å²) in [4.78, 5) is 21.2. The molecule has 23 heavy (non-hydrogen) atoms. The Bertz CT molecular complexity index is 718. The van der Waals surface area contributed by atoms with Gasteiger partial charge in [-0.2, -0.15) is 0 Å². The highest BCUT2D eigenvalue weighted by Gasteiger charge is 2.21. The Balaban J connectivity index is 1.80. The second-order valence-electron chi connectivity index (χ2n) is 6.39. The van der Waals surface area contributed by atoms with Crippen LogP contribution in [0.4, 0.5) is 5.82 Å². The maximum Gasteiger partial charge on any atom is 0.222 e. The Hall–Kier alpha value is -2.10. The average Bonchev–Trinajstić information content (AvgIpc) is 2.56. The van der Waals surface area contributed by atoms with Crippen LogP contribution in [0, 0.1) is 13.8 Å². The van der Waals surface area contributed by atoms with Crippen LogP contribution in [-0.4, -0.2) is 42.0 Å². The second-order valence-corrected chi connectivity index (χ2v) is 6.39. The highest BCUT2D eigenvalue weighted by atomic mass is 16.2. The van der Waals surface area contributed by atoms with Gasteiger partial charge < -0.3 is 9.80 Å². The summed E-state index contributed by atoms with van der Waals surface area (Å²) in [5.74, 6) is 1.32. The molecule has 0 N–H and O–H groups in total. The van der Waals surface area contributed by atoms with Gasteiger partial charge in [-0.15, -0.1) is 0 Å². The number of fused-ring (bicyclic) bond motifs is 1. The van der Waals surface area contributed by atoms with E-state index in [1.807, 2.05) is 4.90 Å². The number of carbonyl (C=O) groups excluding carboxylic acids is 1. The molecule has 1 fully saturated rings. The fourth-order valence-corrected chi connectivity index (χ4v) is 3.26. The molecule has 122 valence electrons. The molecule has 4 heteroatoms. The van der Waals surface area contributed by atoms with Crippen molar-refractivity contribution in [2.24, 2.45) is 0 Å². The van der Waals surface area contributed by atoms with E-state index in [1.165, 1.54) is 16.5 Å². The van der Waals surface area contributed by atoms with Gasteiger partial charge >= 0.3 is 0 Å². The van der Waals surface area contributed by atoms with E-state index in [2.05, 4.69) is 49.9 Å². The maximum absolute atomic E-state index is 12.0. The van der Waals surface area contributed by atoms with Gasteiger partial charge in [-0.25, -0.2) is 4.98 Å². The van der Waals surface area contributed by atoms with E-state index in [0.717, 1.165) is 43.9 Å². The zero-order chi connectivity index (χ0) is 16.4. The van der Waals surface area contributed by atoms with E-state index in [4.69, 9.17) is 4.98 Å². The molecule has 0 saturated carbocycles. The third-order valence-electron chi connectivity index (χ3n) is 4.65. The molecule has 0 radical (unpaired) electrons. The van der Waals surface area contributed by atoms with Gasteiger partial charge in [0.2, 0.25) is 5.91 Å². The van der Waals surface area contributed by atoms with Crippen LogP contribution < -0.4 is 4.90 Å². The summed E-state index contributed by atoms with van der Waals surface area (Å²) in [5, 5.41) is 1.23. The van der Waals surface area contributed by atoms with Crippen LogP contribution in [0.2, 0.25) is 0 Å². The van der Waals surface area contributed by atoms with Crippen LogP contribution in [0.25, 0.3) is 10.9 Å². The first-order valence-electron chi connectivity index (χ1n) is 8.50. The second kappa shape index (κ2) is 6.57. The number of hydrogen-bond acceptors (Lipinski definition) is 3. The number of pyridine rings is 1. The molecule has 1 aliphatic rings. The zero-order valence-electron chi connectivity index (χ0n) is 14.3. The molecular formula is C19H25N3O. The minimum atomic E-state index is 0.283. The van der Waals surface area contributed by atoms with Gasteiger partial charge in [0, 0.05) is 38.0 Å². The van der Waals surface area contributed by atoms with Crippen molar-refractivity contribution in [3.63, 3.8) is 0 Å². The minimum absolute atomic E-state index is 0.283. The van der Waals surface area contributed by atoms with Crippen LogP contribution in [0.3, 0.4) is 0 Å². The molecule has 0 unspecified atom stereocenters. The number of aromatic nitrogens is 1. The fraction of sp³-hybridized carbons (Fsp3) is 0.474. The number of carbonyl (C=O) groups is 1. The Labute approximate surface area is 138 Å². The predicted molar refractivity (Wildman–Crippen MR) is 94.9 cm³/mol. The average molecular weight is 311 g/mol. The minimum Gasteiger partial charge on any atom is -0.353 e. The highest BCUT2D eigenvalue weighted by molar-refractivity contribution is 5.86. The van der Waals surface area contributed by atoms with Gasteiger partial charge in [0.05, 0.1) is 5.52 Å². The number of amides is 1. The van der Waals surface area contributed by atoms with Crippen molar-refractivity contribution in [3.05, 3.63) is 35.4 Å². The van der Waals surface area contributed by atoms with Gasteiger partial charge in [-0.3, -0.25) is 4.79 Å². The van der Waals surface area contributed by atoms with E-state index < -0.39 is 0 Å². The largest absolute Gasteiger partial charge is 0.353 e. The quantitative estimate of drug-likeness (QED) is 0.872. The Morgan fingerprint density at radius 1 is 1.13 bits per heavy atom. The van der Waals surface area contributed by atoms with Gasteiger partial charge in [0.25, 0.3) is 0 Å². The molecule has 1 aromatic heterocycles. The van der Waals surface area contributed by atoms with Crippen molar-refractivity contribution in [1.29, 1.82) is 0 Å². The van der Waals surface area contributed by atoms with Crippen LogP contribution >= 0.6 is 0 Å². The van der Waals surface area contributed by atoms with Crippen molar-refractivity contribution in [3.8, 4) is 0 Å². The molecule has 3 rings (SSSR count).